The van der Waals surface area contributed by atoms with Gasteiger partial charge in [0.05, 0.1) is 24.8 Å². The molecule has 0 saturated heterocycles. The van der Waals surface area contributed by atoms with E-state index < -0.39 is 34.0 Å². The van der Waals surface area contributed by atoms with E-state index in [2.05, 4.69) is 5.10 Å². The Labute approximate surface area is 168 Å². The van der Waals surface area contributed by atoms with Gasteiger partial charge in [-0.25, -0.2) is 14.3 Å². The zero-order chi connectivity index (χ0) is 22.0. The molecule has 0 radical (unpaired) electrons. The molecular weight excluding hydrogens is 398 g/mol. The number of aromatic hydroxyl groups is 2. The summed E-state index contributed by atoms with van der Waals surface area (Å²) in [4.78, 5) is 35.3. The third-order valence-corrected chi connectivity index (χ3v) is 4.19. The predicted octanol–water partition coefficient (Wildman–Crippen LogP) is 2.43. The maximum Gasteiger partial charge on any atom is 0.357 e. The molecule has 3 aromatic rings. The molecule has 0 aliphatic rings. The minimum Gasteiger partial charge on any atom is -0.504 e. The number of nitrogens with zero attached hydrogens (tertiary/aromatic N) is 3. The van der Waals surface area contributed by atoms with E-state index in [0.29, 0.717) is 5.69 Å². The Morgan fingerprint density at radius 2 is 1.70 bits per heavy atom. The zero-order valence-electron chi connectivity index (χ0n) is 15.7. The van der Waals surface area contributed by atoms with E-state index >= 15 is 0 Å². The van der Waals surface area contributed by atoms with Crippen LogP contribution >= 0.6 is 0 Å². The average Bonchev–Trinajstić information content (AvgIpc) is 3.15. The van der Waals surface area contributed by atoms with E-state index in [0.717, 1.165) is 31.0 Å². The number of esters is 2. The Hall–Kier alpha value is -4.41. The summed E-state index contributed by atoms with van der Waals surface area (Å²) in [5.41, 5.74) is -1.31. The van der Waals surface area contributed by atoms with Crippen LogP contribution in [0.1, 0.15) is 20.8 Å². The van der Waals surface area contributed by atoms with Gasteiger partial charge in [0.15, 0.2) is 11.4 Å². The van der Waals surface area contributed by atoms with Crippen LogP contribution in [0.25, 0.3) is 16.9 Å². The first kappa shape index (κ1) is 20.3. The molecule has 30 heavy (non-hydrogen) atoms. The maximum absolute atomic E-state index is 12.5. The second kappa shape index (κ2) is 7.91. The summed E-state index contributed by atoms with van der Waals surface area (Å²) in [7, 11) is 2.20. The summed E-state index contributed by atoms with van der Waals surface area (Å²) >= 11 is 0. The summed E-state index contributed by atoms with van der Waals surface area (Å²) < 4.78 is 10.7. The van der Waals surface area contributed by atoms with Crippen LogP contribution in [0.15, 0.2) is 42.5 Å². The Kier molecular flexibility index (Phi) is 5.36. The highest BCUT2D eigenvalue weighted by molar-refractivity contribution is 6.07. The van der Waals surface area contributed by atoms with Gasteiger partial charge in [-0.05, 0) is 18.2 Å². The number of rotatable bonds is 5. The lowest BCUT2D eigenvalue weighted by atomic mass is 10.0. The lowest BCUT2D eigenvalue weighted by Gasteiger charge is -2.07. The highest BCUT2D eigenvalue weighted by Gasteiger charge is 2.32. The van der Waals surface area contributed by atoms with Gasteiger partial charge in [0.25, 0.3) is 0 Å². The number of carbonyl (C=O) groups is 2. The van der Waals surface area contributed by atoms with Crippen molar-refractivity contribution in [2.75, 3.05) is 14.2 Å². The van der Waals surface area contributed by atoms with Crippen LogP contribution < -0.4 is 0 Å². The Balaban J connectivity index is 2.41. The number of nitro groups is 1. The number of phenols is 2. The van der Waals surface area contributed by atoms with Gasteiger partial charge in [-0.15, -0.1) is 0 Å². The van der Waals surface area contributed by atoms with Crippen molar-refractivity contribution in [3.8, 4) is 28.4 Å². The van der Waals surface area contributed by atoms with Gasteiger partial charge in [0, 0.05) is 11.6 Å². The molecule has 0 amide bonds. The molecule has 11 heteroatoms. The molecule has 2 N–H and O–H groups in total. The van der Waals surface area contributed by atoms with Crippen LogP contribution in [0, 0.1) is 10.1 Å². The van der Waals surface area contributed by atoms with E-state index in [1.807, 2.05) is 0 Å². The lowest BCUT2D eigenvalue weighted by Crippen LogP contribution is -2.15. The summed E-state index contributed by atoms with van der Waals surface area (Å²) in [6.07, 6.45) is 0. The average molecular weight is 413 g/mol. The standard InChI is InChI=1S/C19H15N3O8/c1-29-18(25)14-15(10-8-12(22(27)28)17(24)13(23)9-10)20-21(16(14)19(26)30-2)11-6-4-3-5-7-11/h3-9,23-24H,1-2H3. The van der Waals surface area contributed by atoms with E-state index in [1.165, 1.54) is 0 Å². The molecule has 0 atom stereocenters. The van der Waals surface area contributed by atoms with Gasteiger partial charge in [0.1, 0.15) is 11.3 Å². The Morgan fingerprint density at radius 1 is 1.07 bits per heavy atom. The molecule has 0 bridgehead atoms. The van der Waals surface area contributed by atoms with E-state index in [4.69, 9.17) is 9.47 Å². The molecule has 1 heterocycles. The van der Waals surface area contributed by atoms with Gasteiger partial charge in [0.2, 0.25) is 5.75 Å². The highest BCUT2D eigenvalue weighted by Crippen LogP contribution is 2.40. The van der Waals surface area contributed by atoms with Gasteiger partial charge in [-0.3, -0.25) is 10.1 Å². The first-order chi connectivity index (χ1) is 14.3. The smallest absolute Gasteiger partial charge is 0.357 e. The predicted molar refractivity (Wildman–Crippen MR) is 102 cm³/mol. The van der Waals surface area contributed by atoms with Crippen molar-refractivity contribution in [2.45, 2.75) is 0 Å². The molecule has 1 aromatic heterocycles. The molecule has 0 unspecified atom stereocenters. The second-order valence-corrected chi connectivity index (χ2v) is 5.92. The SMILES string of the molecule is COC(=O)c1c(-c2cc(O)c(O)c([N+](=O)[O-])c2)nn(-c2ccccc2)c1C(=O)OC. The number of para-hydroxylation sites is 1. The van der Waals surface area contributed by atoms with Crippen LogP contribution in [0.3, 0.4) is 0 Å². The third-order valence-electron chi connectivity index (χ3n) is 4.19. The topological polar surface area (TPSA) is 154 Å². The number of phenolic OH excluding ortho intramolecular Hbond substituents is 2. The Bertz CT molecular complexity index is 1150. The van der Waals surface area contributed by atoms with Crippen molar-refractivity contribution >= 4 is 17.6 Å². The van der Waals surface area contributed by atoms with Crippen molar-refractivity contribution in [3.05, 3.63) is 63.8 Å². The zero-order valence-corrected chi connectivity index (χ0v) is 15.7. The van der Waals surface area contributed by atoms with Crippen LogP contribution in [0.5, 0.6) is 11.5 Å². The number of carbonyl (C=O) groups excluding carboxylic acids is 2. The normalized spacial score (nSPS) is 10.5. The molecule has 0 aliphatic carbocycles. The fourth-order valence-corrected chi connectivity index (χ4v) is 2.84. The number of hydrogen-bond donors (Lipinski definition) is 2. The number of methoxy groups -OCH3 is 2. The van der Waals surface area contributed by atoms with E-state index in [-0.39, 0.29) is 22.5 Å². The number of aromatic nitrogens is 2. The quantitative estimate of drug-likeness (QED) is 0.278. The number of nitro benzene ring substituents is 1. The van der Waals surface area contributed by atoms with Crippen LogP contribution in [0.4, 0.5) is 5.69 Å². The van der Waals surface area contributed by atoms with Gasteiger partial charge < -0.3 is 19.7 Å². The largest absolute Gasteiger partial charge is 0.504 e. The van der Waals surface area contributed by atoms with Crippen LogP contribution in [-0.2, 0) is 9.47 Å². The summed E-state index contributed by atoms with van der Waals surface area (Å²) in [6.45, 7) is 0. The summed E-state index contributed by atoms with van der Waals surface area (Å²) in [6, 6.07) is 10.2. The minimum atomic E-state index is -0.956. The minimum absolute atomic E-state index is 0.0998. The fourth-order valence-electron chi connectivity index (χ4n) is 2.84. The van der Waals surface area contributed by atoms with Gasteiger partial charge in [-0.2, -0.15) is 5.10 Å². The molecule has 2 aromatic carbocycles. The molecule has 0 saturated carbocycles. The van der Waals surface area contributed by atoms with Crippen molar-refractivity contribution in [2.24, 2.45) is 0 Å². The third kappa shape index (κ3) is 3.39. The van der Waals surface area contributed by atoms with Gasteiger partial charge in [-0.1, -0.05) is 18.2 Å². The molecule has 11 nitrogen and oxygen atoms in total. The van der Waals surface area contributed by atoms with Crippen molar-refractivity contribution < 1.29 is 34.2 Å². The Morgan fingerprint density at radius 3 is 2.27 bits per heavy atom. The first-order valence-electron chi connectivity index (χ1n) is 8.36. The molecule has 154 valence electrons. The maximum atomic E-state index is 12.5. The van der Waals surface area contributed by atoms with E-state index in [1.54, 1.807) is 30.3 Å². The summed E-state index contributed by atoms with van der Waals surface area (Å²) in [5, 5.41) is 35.2. The monoisotopic (exact) mass is 413 g/mol. The number of benzene rings is 2. The van der Waals surface area contributed by atoms with Crippen LogP contribution in [0.2, 0.25) is 0 Å². The van der Waals surface area contributed by atoms with Crippen LogP contribution in [-0.4, -0.2) is 51.1 Å². The fraction of sp³-hybridized carbons (Fsp3) is 0.105. The molecular formula is C19H15N3O8. The highest BCUT2D eigenvalue weighted by atomic mass is 16.6. The lowest BCUT2D eigenvalue weighted by molar-refractivity contribution is -0.385. The molecule has 0 aliphatic heterocycles. The molecule has 3 rings (SSSR count). The number of hydrogen-bond acceptors (Lipinski definition) is 9. The van der Waals surface area contributed by atoms with Gasteiger partial charge >= 0.3 is 17.6 Å². The first-order valence-corrected chi connectivity index (χ1v) is 8.36. The van der Waals surface area contributed by atoms with E-state index in [9.17, 15) is 29.9 Å². The van der Waals surface area contributed by atoms with Crippen molar-refractivity contribution in [1.82, 2.24) is 9.78 Å². The number of ether oxygens (including phenoxy) is 2. The summed E-state index contributed by atoms with van der Waals surface area (Å²) in [5.74, 6) is -3.61. The van der Waals surface area contributed by atoms with Crippen molar-refractivity contribution in [3.63, 3.8) is 0 Å². The molecule has 0 fully saturated rings. The molecule has 0 spiro atoms. The second-order valence-electron chi connectivity index (χ2n) is 5.92. The van der Waals surface area contributed by atoms with Crippen molar-refractivity contribution in [1.29, 1.82) is 0 Å².